The molecule has 1 aliphatic heterocycles. The molecule has 0 aromatic carbocycles. The van der Waals surface area contributed by atoms with Crippen LogP contribution < -0.4 is 10.6 Å². The average Bonchev–Trinajstić information content (AvgIpc) is 2.42. The highest BCUT2D eigenvalue weighted by molar-refractivity contribution is 5.98. The monoisotopic (exact) mass is 278 g/mol. The Hall–Kier alpha value is -2.31. The molecule has 1 amide bonds. The molecule has 1 fully saturated rings. The maximum atomic E-state index is 11.8. The van der Waals surface area contributed by atoms with Crippen LogP contribution in [0, 0.1) is 0 Å². The lowest BCUT2D eigenvalue weighted by atomic mass is 10.2. The molecule has 20 heavy (non-hydrogen) atoms. The van der Waals surface area contributed by atoms with E-state index in [2.05, 4.69) is 4.98 Å². The minimum absolute atomic E-state index is 0.000937. The summed E-state index contributed by atoms with van der Waals surface area (Å²) in [7, 11) is 1.76. The van der Waals surface area contributed by atoms with E-state index in [-0.39, 0.29) is 30.3 Å². The average molecular weight is 278 g/mol. The fourth-order valence-corrected chi connectivity index (χ4v) is 2.04. The van der Waals surface area contributed by atoms with Crippen molar-refractivity contribution in [2.45, 2.75) is 6.92 Å². The number of anilines is 2. The molecule has 0 spiro atoms. The van der Waals surface area contributed by atoms with E-state index in [9.17, 15) is 9.59 Å². The summed E-state index contributed by atoms with van der Waals surface area (Å²) in [6.45, 7) is 3.45. The van der Waals surface area contributed by atoms with Gasteiger partial charge in [0.25, 0.3) is 0 Å². The molecule has 2 N–H and O–H groups in total. The molecule has 1 saturated heterocycles. The molecule has 0 aliphatic carbocycles. The van der Waals surface area contributed by atoms with E-state index in [4.69, 9.17) is 10.5 Å². The minimum Gasteiger partial charge on any atom is -0.462 e. The third-order valence-corrected chi connectivity index (χ3v) is 3.22. The number of carbonyl (C=O) groups excluding carboxylic acids is 2. The van der Waals surface area contributed by atoms with Crippen molar-refractivity contribution in [2.24, 2.45) is 0 Å². The fourth-order valence-electron chi connectivity index (χ4n) is 2.04. The Balaban J connectivity index is 2.27. The van der Waals surface area contributed by atoms with Crippen LogP contribution in [0.4, 0.5) is 11.5 Å². The zero-order valence-corrected chi connectivity index (χ0v) is 11.6. The number of amides is 1. The van der Waals surface area contributed by atoms with E-state index in [1.807, 2.05) is 0 Å². The molecule has 0 bridgehead atoms. The molecule has 0 unspecified atom stereocenters. The topological polar surface area (TPSA) is 88.8 Å². The SMILES string of the molecule is CCOC(=O)c1ccnc(N2CCN(C)C(=O)C2)c1N. The third-order valence-electron chi connectivity index (χ3n) is 3.22. The van der Waals surface area contributed by atoms with Crippen molar-refractivity contribution >= 4 is 23.4 Å². The lowest BCUT2D eigenvalue weighted by Crippen LogP contribution is -2.49. The second-order valence-electron chi connectivity index (χ2n) is 4.55. The van der Waals surface area contributed by atoms with Gasteiger partial charge in [-0.3, -0.25) is 4.79 Å². The first kappa shape index (κ1) is 14.1. The van der Waals surface area contributed by atoms with E-state index in [1.54, 1.807) is 23.8 Å². The smallest absolute Gasteiger partial charge is 0.340 e. The number of nitrogens with two attached hydrogens (primary N) is 1. The Bertz CT molecular complexity index is 532. The predicted octanol–water partition coefficient (Wildman–Crippen LogP) is 0.119. The Morgan fingerprint density at radius 3 is 2.90 bits per heavy atom. The second kappa shape index (κ2) is 5.77. The van der Waals surface area contributed by atoms with Gasteiger partial charge in [0, 0.05) is 26.3 Å². The van der Waals surface area contributed by atoms with Gasteiger partial charge in [-0.1, -0.05) is 0 Å². The molecule has 0 atom stereocenters. The van der Waals surface area contributed by atoms with Crippen LogP contribution in [0.25, 0.3) is 0 Å². The van der Waals surface area contributed by atoms with Crippen molar-refractivity contribution in [3.05, 3.63) is 17.8 Å². The molecule has 0 radical (unpaired) electrons. The first-order valence-electron chi connectivity index (χ1n) is 6.45. The van der Waals surface area contributed by atoms with Crippen molar-refractivity contribution in [2.75, 3.05) is 43.9 Å². The van der Waals surface area contributed by atoms with E-state index in [0.29, 0.717) is 18.9 Å². The van der Waals surface area contributed by atoms with Crippen molar-refractivity contribution in [1.29, 1.82) is 0 Å². The van der Waals surface area contributed by atoms with Gasteiger partial charge in [-0.2, -0.15) is 0 Å². The number of nitrogen functional groups attached to an aromatic ring is 1. The van der Waals surface area contributed by atoms with Gasteiger partial charge in [0.1, 0.15) is 0 Å². The Morgan fingerprint density at radius 2 is 2.25 bits per heavy atom. The number of rotatable bonds is 3. The van der Waals surface area contributed by atoms with Crippen molar-refractivity contribution < 1.29 is 14.3 Å². The molecule has 7 nitrogen and oxygen atoms in total. The van der Waals surface area contributed by atoms with Gasteiger partial charge in [-0.15, -0.1) is 0 Å². The van der Waals surface area contributed by atoms with E-state index in [0.717, 1.165) is 0 Å². The van der Waals surface area contributed by atoms with Gasteiger partial charge in [0.05, 0.1) is 24.4 Å². The van der Waals surface area contributed by atoms with Gasteiger partial charge in [-0.25, -0.2) is 9.78 Å². The van der Waals surface area contributed by atoms with Crippen LogP contribution >= 0.6 is 0 Å². The summed E-state index contributed by atoms with van der Waals surface area (Å²) in [5.41, 5.74) is 6.53. The van der Waals surface area contributed by atoms with Crippen LogP contribution in [-0.2, 0) is 9.53 Å². The first-order chi connectivity index (χ1) is 9.54. The lowest BCUT2D eigenvalue weighted by Gasteiger charge is -2.33. The normalized spacial score (nSPS) is 15.4. The molecule has 108 valence electrons. The number of carbonyl (C=O) groups is 2. The first-order valence-corrected chi connectivity index (χ1v) is 6.45. The van der Waals surface area contributed by atoms with Crippen molar-refractivity contribution in [3.8, 4) is 0 Å². The van der Waals surface area contributed by atoms with Crippen LogP contribution in [0.1, 0.15) is 17.3 Å². The van der Waals surface area contributed by atoms with Crippen LogP contribution in [0.5, 0.6) is 0 Å². The number of aromatic nitrogens is 1. The molecule has 1 aliphatic rings. The summed E-state index contributed by atoms with van der Waals surface area (Å²) in [5, 5.41) is 0. The number of nitrogens with zero attached hydrogens (tertiary/aromatic N) is 3. The minimum atomic E-state index is -0.478. The third kappa shape index (κ3) is 2.66. The molecule has 0 saturated carbocycles. The predicted molar refractivity (Wildman–Crippen MR) is 74.5 cm³/mol. The van der Waals surface area contributed by atoms with Gasteiger partial charge in [-0.05, 0) is 13.0 Å². The zero-order chi connectivity index (χ0) is 14.7. The second-order valence-corrected chi connectivity index (χ2v) is 4.55. The van der Waals surface area contributed by atoms with Crippen molar-refractivity contribution in [1.82, 2.24) is 9.88 Å². The van der Waals surface area contributed by atoms with Gasteiger partial charge in [0.15, 0.2) is 5.82 Å². The molecular weight excluding hydrogens is 260 g/mol. The Kier molecular flexibility index (Phi) is 4.07. The molecule has 7 heteroatoms. The highest BCUT2D eigenvalue weighted by atomic mass is 16.5. The van der Waals surface area contributed by atoms with Crippen LogP contribution in [0.2, 0.25) is 0 Å². The summed E-state index contributed by atoms with van der Waals surface area (Å²) < 4.78 is 4.95. The highest BCUT2D eigenvalue weighted by Gasteiger charge is 2.25. The number of ether oxygens (including phenoxy) is 1. The lowest BCUT2D eigenvalue weighted by molar-refractivity contribution is -0.129. The van der Waals surface area contributed by atoms with E-state index >= 15 is 0 Å². The molecule has 2 rings (SSSR count). The highest BCUT2D eigenvalue weighted by Crippen LogP contribution is 2.25. The number of hydrogen-bond donors (Lipinski definition) is 1. The standard InChI is InChI=1S/C13H18N4O3/c1-3-20-13(19)9-4-5-15-12(11(9)14)17-7-6-16(2)10(18)8-17/h4-5H,3,6-8,14H2,1-2H3. The van der Waals surface area contributed by atoms with Gasteiger partial charge >= 0.3 is 5.97 Å². The molecular formula is C13H18N4O3. The molecule has 1 aromatic rings. The largest absolute Gasteiger partial charge is 0.462 e. The maximum Gasteiger partial charge on any atom is 0.340 e. The number of piperazine rings is 1. The Labute approximate surface area is 117 Å². The number of esters is 1. The summed E-state index contributed by atoms with van der Waals surface area (Å²) in [5.74, 6) is -0.0231. The maximum absolute atomic E-state index is 11.8. The molecule has 1 aromatic heterocycles. The summed E-state index contributed by atoms with van der Waals surface area (Å²) in [4.78, 5) is 31.1. The number of hydrogen-bond acceptors (Lipinski definition) is 6. The van der Waals surface area contributed by atoms with Crippen molar-refractivity contribution in [3.63, 3.8) is 0 Å². The number of pyridine rings is 1. The molecule has 2 heterocycles. The quantitative estimate of drug-likeness (QED) is 0.790. The van der Waals surface area contributed by atoms with E-state index < -0.39 is 5.97 Å². The van der Waals surface area contributed by atoms with Gasteiger partial charge < -0.3 is 20.3 Å². The van der Waals surface area contributed by atoms with E-state index in [1.165, 1.54) is 12.3 Å². The Morgan fingerprint density at radius 1 is 1.50 bits per heavy atom. The number of likely N-dealkylation sites (N-methyl/N-ethyl adjacent to an activating group) is 1. The van der Waals surface area contributed by atoms with Gasteiger partial charge in [0.2, 0.25) is 5.91 Å². The van der Waals surface area contributed by atoms with Crippen LogP contribution in [0.15, 0.2) is 12.3 Å². The summed E-state index contributed by atoms with van der Waals surface area (Å²) in [6, 6.07) is 1.52. The zero-order valence-electron chi connectivity index (χ0n) is 11.6. The fraction of sp³-hybridized carbons (Fsp3) is 0.462. The summed E-state index contributed by atoms with van der Waals surface area (Å²) in [6.07, 6.45) is 1.50. The van der Waals surface area contributed by atoms with Crippen LogP contribution in [-0.4, -0.2) is 55.0 Å². The van der Waals surface area contributed by atoms with Crippen LogP contribution in [0.3, 0.4) is 0 Å². The summed E-state index contributed by atoms with van der Waals surface area (Å²) >= 11 is 0.